The van der Waals surface area contributed by atoms with E-state index in [0.29, 0.717) is 24.0 Å². The number of benzene rings is 1. The van der Waals surface area contributed by atoms with E-state index < -0.39 is 0 Å². The molecule has 0 aliphatic carbocycles. The van der Waals surface area contributed by atoms with Crippen LogP contribution in [0.25, 0.3) is 0 Å². The van der Waals surface area contributed by atoms with Gasteiger partial charge in [-0.2, -0.15) is 0 Å². The third-order valence-corrected chi connectivity index (χ3v) is 4.01. The number of likely N-dealkylation sites (N-methyl/N-ethyl adjacent to an activating group) is 1. The predicted molar refractivity (Wildman–Crippen MR) is 105 cm³/mol. The molecule has 0 heterocycles. The topological polar surface area (TPSA) is 66.4 Å². The van der Waals surface area contributed by atoms with Crippen molar-refractivity contribution in [1.29, 1.82) is 0 Å². The second kappa shape index (κ2) is 10.5. The highest BCUT2D eigenvalue weighted by atomic mass is 16.5. The predicted octanol–water partition coefficient (Wildman–Crippen LogP) is 1.89. The molecular formula is C19H32N4O3. The summed E-state index contributed by atoms with van der Waals surface area (Å²) in [5.74, 6) is 2.09. The lowest BCUT2D eigenvalue weighted by Crippen LogP contribution is -2.40. The zero-order chi connectivity index (χ0) is 19.7. The fourth-order valence-electron chi connectivity index (χ4n) is 2.36. The van der Waals surface area contributed by atoms with Crippen molar-refractivity contribution in [3.05, 3.63) is 23.3 Å². The normalized spacial score (nSPS) is 11.1. The number of nitrogens with one attached hydrogen (secondary N) is 1. The maximum atomic E-state index is 11.9. The van der Waals surface area contributed by atoms with Gasteiger partial charge in [0.05, 0.1) is 14.2 Å². The summed E-state index contributed by atoms with van der Waals surface area (Å²) in [6.45, 7) is 5.68. The molecule has 1 N–H and O–H groups in total. The van der Waals surface area contributed by atoms with Crippen LogP contribution in [-0.2, 0) is 11.3 Å². The van der Waals surface area contributed by atoms with E-state index >= 15 is 0 Å². The Balaban J connectivity index is 2.99. The van der Waals surface area contributed by atoms with Crippen LogP contribution in [0.15, 0.2) is 17.1 Å². The summed E-state index contributed by atoms with van der Waals surface area (Å²) >= 11 is 0. The standard InChI is InChI=1S/C19H32N4O3/c1-8-9-20-19(21-12-18(24)22(3)4)23(5)13-15-11-17(26-7)16(25-6)10-14(15)2/h10-11H,8-9,12-13H2,1-7H3,(H,20,21). The number of methoxy groups -OCH3 is 2. The maximum absolute atomic E-state index is 11.9. The van der Waals surface area contributed by atoms with Gasteiger partial charge in [0.15, 0.2) is 17.5 Å². The Morgan fingerprint density at radius 2 is 1.77 bits per heavy atom. The molecule has 0 spiro atoms. The van der Waals surface area contributed by atoms with Crippen LogP contribution in [0, 0.1) is 6.92 Å². The lowest BCUT2D eigenvalue weighted by molar-refractivity contribution is -0.127. The van der Waals surface area contributed by atoms with Crippen LogP contribution < -0.4 is 14.8 Å². The minimum atomic E-state index is -0.0310. The van der Waals surface area contributed by atoms with Gasteiger partial charge in [-0.25, -0.2) is 4.99 Å². The van der Waals surface area contributed by atoms with E-state index in [4.69, 9.17) is 9.47 Å². The van der Waals surface area contributed by atoms with Crippen molar-refractivity contribution >= 4 is 11.9 Å². The highest BCUT2D eigenvalue weighted by molar-refractivity contribution is 5.84. The molecule has 1 rings (SSSR count). The molecule has 146 valence electrons. The molecular weight excluding hydrogens is 332 g/mol. The monoisotopic (exact) mass is 364 g/mol. The molecule has 7 nitrogen and oxygen atoms in total. The first-order chi connectivity index (χ1) is 12.3. The molecule has 0 atom stereocenters. The van der Waals surface area contributed by atoms with Gasteiger partial charge >= 0.3 is 0 Å². The van der Waals surface area contributed by atoms with Gasteiger partial charge in [-0.1, -0.05) is 6.92 Å². The van der Waals surface area contributed by atoms with Crippen molar-refractivity contribution in [3.8, 4) is 11.5 Å². The Labute approximate surface area is 157 Å². The van der Waals surface area contributed by atoms with Gasteiger partial charge in [-0.3, -0.25) is 4.79 Å². The van der Waals surface area contributed by atoms with Gasteiger partial charge in [0.1, 0.15) is 6.54 Å². The molecule has 0 fully saturated rings. The van der Waals surface area contributed by atoms with Crippen molar-refractivity contribution in [2.24, 2.45) is 4.99 Å². The minimum absolute atomic E-state index is 0.0310. The number of nitrogens with zero attached hydrogens (tertiary/aromatic N) is 3. The lowest BCUT2D eigenvalue weighted by atomic mass is 10.1. The number of hydrogen-bond acceptors (Lipinski definition) is 4. The summed E-state index contributed by atoms with van der Waals surface area (Å²) in [5.41, 5.74) is 2.21. The van der Waals surface area contributed by atoms with E-state index in [1.54, 1.807) is 33.2 Å². The number of aliphatic imine (C=N–C) groups is 1. The van der Waals surface area contributed by atoms with Crippen LogP contribution in [0.4, 0.5) is 0 Å². The Morgan fingerprint density at radius 3 is 2.31 bits per heavy atom. The lowest BCUT2D eigenvalue weighted by Gasteiger charge is -2.24. The number of ether oxygens (including phenoxy) is 2. The van der Waals surface area contributed by atoms with Crippen LogP contribution in [0.2, 0.25) is 0 Å². The zero-order valence-corrected chi connectivity index (χ0v) is 17.0. The maximum Gasteiger partial charge on any atom is 0.243 e. The zero-order valence-electron chi connectivity index (χ0n) is 17.0. The van der Waals surface area contributed by atoms with Gasteiger partial charge in [0.25, 0.3) is 0 Å². The highest BCUT2D eigenvalue weighted by Gasteiger charge is 2.13. The van der Waals surface area contributed by atoms with Crippen molar-refractivity contribution in [2.45, 2.75) is 26.8 Å². The van der Waals surface area contributed by atoms with Gasteiger partial charge in [0, 0.05) is 34.2 Å². The largest absolute Gasteiger partial charge is 0.493 e. The van der Waals surface area contributed by atoms with Crippen molar-refractivity contribution in [3.63, 3.8) is 0 Å². The quantitative estimate of drug-likeness (QED) is 0.564. The van der Waals surface area contributed by atoms with Crippen LogP contribution in [0.3, 0.4) is 0 Å². The molecule has 0 aliphatic rings. The van der Waals surface area contributed by atoms with Gasteiger partial charge in [-0.05, 0) is 36.6 Å². The molecule has 0 radical (unpaired) electrons. The average molecular weight is 364 g/mol. The molecule has 7 heteroatoms. The molecule has 1 amide bonds. The van der Waals surface area contributed by atoms with Gasteiger partial charge in [-0.15, -0.1) is 0 Å². The van der Waals surface area contributed by atoms with Crippen molar-refractivity contribution in [1.82, 2.24) is 15.1 Å². The van der Waals surface area contributed by atoms with E-state index in [2.05, 4.69) is 17.2 Å². The minimum Gasteiger partial charge on any atom is -0.493 e. The Kier molecular flexibility index (Phi) is 8.75. The summed E-state index contributed by atoms with van der Waals surface area (Å²) in [6.07, 6.45) is 0.976. The van der Waals surface area contributed by atoms with E-state index in [9.17, 15) is 4.79 Å². The first-order valence-corrected chi connectivity index (χ1v) is 8.75. The third-order valence-electron chi connectivity index (χ3n) is 4.01. The summed E-state index contributed by atoms with van der Waals surface area (Å²) in [5, 5.41) is 3.30. The number of amides is 1. The molecule has 0 bridgehead atoms. The fraction of sp³-hybridized carbons (Fsp3) is 0.579. The summed E-state index contributed by atoms with van der Waals surface area (Å²) in [6, 6.07) is 3.95. The first kappa shape index (κ1) is 21.6. The number of hydrogen-bond donors (Lipinski definition) is 1. The number of carbonyl (C=O) groups excluding carboxylic acids is 1. The van der Waals surface area contributed by atoms with Crippen LogP contribution >= 0.6 is 0 Å². The van der Waals surface area contributed by atoms with E-state index in [1.807, 2.05) is 31.0 Å². The molecule has 0 aromatic heterocycles. The van der Waals surface area contributed by atoms with Crippen molar-refractivity contribution in [2.75, 3.05) is 48.5 Å². The summed E-state index contributed by atoms with van der Waals surface area (Å²) in [7, 11) is 8.67. The molecule has 26 heavy (non-hydrogen) atoms. The Bertz CT molecular complexity index is 629. The number of aryl methyl sites for hydroxylation is 1. The average Bonchev–Trinajstić information content (AvgIpc) is 2.62. The van der Waals surface area contributed by atoms with Crippen LogP contribution in [0.1, 0.15) is 24.5 Å². The second-order valence-corrected chi connectivity index (χ2v) is 6.34. The smallest absolute Gasteiger partial charge is 0.243 e. The third kappa shape index (κ3) is 6.13. The molecule has 0 saturated heterocycles. The second-order valence-electron chi connectivity index (χ2n) is 6.34. The van der Waals surface area contributed by atoms with E-state index in [1.165, 1.54) is 0 Å². The number of rotatable bonds is 8. The van der Waals surface area contributed by atoms with E-state index in [-0.39, 0.29) is 12.5 Å². The molecule has 0 aliphatic heterocycles. The molecule has 1 aromatic carbocycles. The van der Waals surface area contributed by atoms with Gasteiger partial charge < -0.3 is 24.6 Å². The van der Waals surface area contributed by atoms with Crippen molar-refractivity contribution < 1.29 is 14.3 Å². The van der Waals surface area contributed by atoms with Gasteiger partial charge in [0.2, 0.25) is 5.91 Å². The first-order valence-electron chi connectivity index (χ1n) is 8.75. The molecule has 0 saturated carbocycles. The summed E-state index contributed by atoms with van der Waals surface area (Å²) in [4.78, 5) is 19.9. The molecule has 1 aromatic rings. The number of guanidine groups is 1. The van der Waals surface area contributed by atoms with Crippen LogP contribution in [-0.4, -0.2) is 70.1 Å². The fourth-order valence-corrected chi connectivity index (χ4v) is 2.36. The summed E-state index contributed by atoms with van der Waals surface area (Å²) < 4.78 is 10.8. The Hall–Kier alpha value is -2.44. The molecule has 0 unspecified atom stereocenters. The highest BCUT2D eigenvalue weighted by Crippen LogP contribution is 2.30. The van der Waals surface area contributed by atoms with Crippen LogP contribution in [0.5, 0.6) is 11.5 Å². The number of carbonyl (C=O) groups is 1. The Morgan fingerprint density at radius 1 is 1.15 bits per heavy atom. The van der Waals surface area contributed by atoms with E-state index in [0.717, 1.165) is 24.1 Å². The SMILES string of the molecule is CCCNC(=NCC(=O)N(C)C)N(C)Cc1cc(OC)c(OC)cc1C.